The van der Waals surface area contributed by atoms with E-state index in [2.05, 4.69) is 21.8 Å². The Balaban J connectivity index is 1.72. The van der Waals surface area contributed by atoms with Crippen molar-refractivity contribution in [3.05, 3.63) is 24.0 Å². The van der Waals surface area contributed by atoms with Crippen LogP contribution >= 0.6 is 0 Å². The molecule has 1 fully saturated rings. The molecule has 0 bridgehead atoms. The third-order valence-corrected chi connectivity index (χ3v) is 4.52. The van der Waals surface area contributed by atoms with Gasteiger partial charge >= 0.3 is 0 Å². The Hall–Kier alpha value is -1.92. The molecule has 6 nitrogen and oxygen atoms in total. The van der Waals surface area contributed by atoms with Crippen LogP contribution in [0.25, 0.3) is 11.0 Å². The number of morpholine rings is 1. The van der Waals surface area contributed by atoms with Crippen LogP contribution in [0, 0.1) is 5.92 Å². The van der Waals surface area contributed by atoms with Gasteiger partial charge in [-0.25, -0.2) is 4.98 Å². The number of hydrogen-bond donors (Lipinski definition) is 1. The van der Waals surface area contributed by atoms with Crippen LogP contribution in [-0.4, -0.2) is 53.2 Å². The smallest absolute Gasteiger partial charge is 0.226 e. The summed E-state index contributed by atoms with van der Waals surface area (Å²) in [7, 11) is 2.05. The Morgan fingerprint density at radius 3 is 2.79 bits per heavy atom. The van der Waals surface area contributed by atoms with E-state index >= 15 is 0 Å². The van der Waals surface area contributed by atoms with Crippen LogP contribution in [0.3, 0.4) is 0 Å². The molecule has 1 aliphatic rings. The molecule has 0 spiro atoms. The molecule has 24 heavy (non-hydrogen) atoms. The first kappa shape index (κ1) is 16.9. The van der Waals surface area contributed by atoms with Crippen LogP contribution in [0.5, 0.6) is 0 Å². The first-order chi connectivity index (χ1) is 11.5. The molecule has 130 valence electrons. The maximum atomic E-state index is 11.8. The summed E-state index contributed by atoms with van der Waals surface area (Å²) in [6, 6.07) is 5.92. The highest BCUT2D eigenvalue weighted by Gasteiger charge is 2.14. The lowest BCUT2D eigenvalue weighted by Gasteiger charge is -2.26. The zero-order chi connectivity index (χ0) is 17.1. The lowest BCUT2D eigenvalue weighted by atomic mass is 10.2. The van der Waals surface area contributed by atoms with Crippen LogP contribution in [-0.2, 0) is 23.0 Å². The molecule has 1 saturated heterocycles. The van der Waals surface area contributed by atoms with Gasteiger partial charge in [-0.05, 0) is 18.2 Å². The number of nitrogens with zero attached hydrogens (tertiary/aromatic N) is 3. The van der Waals surface area contributed by atoms with Crippen molar-refractivity contribution in [1.82, 2.24) is 14.5 Å². The zero-order valence-corrected chi connectivity index (χ0v) is 14.7. The molecule has 0 radical (unpaired) electrons. The molecule has 3 rings (SSSR count). The molecular weight excluding hydrogens is 304 g/mol. The number of carbonyl (C=O) groups is 1. The maximum absolute atomic E-state index is 11.8. The van der Waals surface area contributed by atoms with Crippen LogP contribution < -0.4 is 5.32 Å². The number of rotatable bonds is 5. The van der Waals surface area contributed by atoms with Crippen molar-refractivity contribution in [2.75, 3.05) is 38.2 Å². The molecule has 6 heteroatoms. The van der Waals surface area contributed by atoms with Gasteiger partial charge in [0.2, 0.25) is 5.91 Å². The van der Waals surface area contributed by atoms with E-state index in [-0.39, 0.29) is 11.8 Å². The van der Waals surface area contributed by atoms with Gasteiger partial charge in [0.25, 0.3) is 0 Å². The summed E-state index contributed by atoms with van der Waals surface area (Å²) in [5.41, 5.74) is 2.82. The van der Waals surface area contributed by atoms with Crippen LogP contribution in [0.1, 0.15) is 19.7 Å². The summed E-state index contributed by atoms with van der Waals surface area (Å²) in [5.74, 6) is 1.06. The van der Waals surface area contributed by atoms with Crippen LogP contribution in [0.15, 0.2) is 18.2 Å². The molecule has 0 saturated carbocycles. The molecule has 1 aliphatic heterocycles. The Morgan fingerprint density at radius 2 is 2.08 bits per heavy atom. The highest BCUT2D eigenvalue weighted by Crippen LogP contribution is 2.20. The maximum Gasteiger partial charge on any atom is 0.226 e. The fourth-order valence-electron chi connectivity index (χ4n) is 2.92. The Kier molecular flexibility index (Phi) is 5.16. The largest absolute Gasteiger partial charge is 0.379 e. The zero-order valence-electron chi connectivity index (χ0n) is 14.7. The summed E-state index contributed by atoms with van der Waals surface area (Å²) >= 11 is 0. The van der Waals surface area contributed by atoms with Crippen LogP contribution in [0.2, 0.25) is 0 Å². The van der Waals surface area contributed by atoms with Crippen molar-refractivity contribution in [2.45, 2.75) is 20.3 Å². The molecule has 2 aromatic rings. The van der Waals surface area contributed by atoms with Gasteiger partial charge < -0.3 is 14.6 Å². The SMILES string of the molecule is CC(C)C(=O)Nc1ccc2c(c1)nc(CCN1CCOCC1)n2C. The van der Waals surface area contributed by atoms with Crippen molar-refractivity contribution < 1.29 is 9.53 Å². The van der Waals surface area contributed by atoms with E-state index in [0.29, 0.717) is 0 Å². The Labute approximate surface area is 142 Å². The van der Waals surface area contributed by atoms with Gasteiger partial charge in [0, 0.05) is 44.7 Å². The van der Waals surface area contributed by atoms with Gasteiger partial charge in [0.1, 0.15) is 5.82 Å². The van der Waals surface area contributed by atoms with E-state index in [0.717, 1.165) is 61.8 Å². The summed E-state index contributed by atoms with van der Waals surface area (Å²) in [6.07, 6.45) is 0.916. The lowest BCUT2D eigenvalue weighted by Crippen LogP contribution is -2.37. The van der Waals surface area contributed by atoms with E-state index in [1.54, 1.807) is 0 Å². The number of imidazole rings is 1. The predicted octanol–water partition coefficient (Wildman–Crippen LogP) is 2.04. The van der Waals surface area contributed by atoms with E-state index in [4.69, 9.17) is 9.72 Å². The Morgan fingerprint density at radius 1 is 1.33 bits per heavy atom. The number of hydrogen-bond acceptors (Lipinski definition) is 4. The Bertz CT molecular complexity index is 717. The highest BCUT2D eigenvalue weighted by atomic mass is 16.5. The fraction of sp³-hybridized carbons (Fsp3) is 0.556. The number of anilines is 1. The third-order valence-electron chi connectivity index (χ3n) is 4.52. The average molecular weight is 330 g/mol. The van der Waals surface area contributed by atoms with E-state index in [1.165, 1.54) is 0 Å². The average Bonchev–Trinajstić information content (AvgIpc) is 2.89. The van der Waals surface area contributed by atoms with Crippen molar-refractivity contribution >= 4 is 22.6 Å². The minimum Gasteiger partial charge on any atom is -0.379 e. The van der Waals surface area contributed by atoms with Gasteiger partial charge in [-0.2, -0.15) is 0 Å². The number of fused-ring (bicyclic) bond motifs is 1. The molecular formula is C18H26N4O2. The molecule has 0 aliphatic carbocycles. The van der Waals surface area contributed by atoms with Crippen LogP contribution in [0.4, 0.5) is 5.69 Å². The molecule has 1 amide bonds. The molecule has 0 atom stereocenters. The van der Waals surface area contributed by atoms with E-state index < -0.39 is 0 Å². The highest BCUT2D eigenvalue weighted by molar-refractivity contribution is 5.94. The number of aromatic nitrogens is 2. The molecule has 1 aromatic heterocycles. The number of ether oxygens (including phenoxy) is 1. The van der Waals surface area contributed by atoms with E-state index in [9.17, 15) is 4.79 Å². The second kappa shape index (κ2) is 7.32. The van der Waals surface area contributed by atoms with Crippen molar-refractivity contribution in [3.63, 3.8) is 0 Å². The number of carbonyl (C=O) groups excluding carboxylic acids is 1. The first-order valence-electron chi connectivity index (χ1n) is 8.61. The second-order valence-corrected chi connectivity index (χ2v) is 6.64. The summed E-state index contributed by atoms with van der Waals surface area (Å²) < 4.78 is 7.53. The lowest BCUT2D eigenvalue weighted by molar-refractivity contribution is -0.118. The standard InChI is InChI=1S/C18H26N4O2/c1-13(2)18(23)19-14-4-5-16-15(12-14)20-17(21(16)3)6-7-22-8-10-24-11-9-22/h4-5,12-13H,6-11H2,1-3H3,(H,19,23). The van der Waals surface area contributed by atoms with Crippen molar-refractivity contribution in [2.24, 2.45) is 13.0 Å². The molecule has 2 heterocycles. The number of aryl methyl sites for hydroxylation is 1. The van der Waals surface area contributed by atoms with Gasteiger partial charge in [-0.1, -0.05) is 13.8 Å². The summed E-state index contributed by atoms with van der Waals surface area (Å²) in [5, 5.41) is 2.94. The molecule has 0 unspecified atom stereocenters. The van der Waals surface area contributed by atoms with Gasteiger partial charge in [0.15, 0.2) is 0 Å². The van der Waals surface area contributed by atoms with Crippen molar-refractivity contribution in [1.29, 1.82) is 0 Å². The van der Waals surface area contributed by atoms with Gasteiger partial charge in [-0.15, -0.1) is 0 Å². The number of benzene rings is 1. The third kappa shape index (κ3) is 3.76. The van der Waals surface area contributed by atoms with Gasteiger partial charge in [0.05, 0.1) is 24.2 Å². The fourth-order valence-corrected chi connectivity index (χ4v) is 2.92. The van der Waals surface area contributed by atoms with Gasteiger partial charge in [-0.3, -0.25) is 9.69 Å². The summed E-state index contributed by atoms with van der Waals surface area (Å²) in [6.45, 7) is 8.40. The molecule has 1 N–H and O–H groups in total. The predicted molar refractivity (Wildman–Crippen MR) is 95.1 cm³/mol. The monoisotopic (exact) mass is 330 g/mol. The normalized spacial score (nSPS) is 16.0. The number of nitrogens with one attached hydrogen (secondary N) is 1. The summed E-state index contributed by atoms with van der Waals surface area (Å²) in [4.78, 5) is 19.0. The topological polar surface area (TPSA) is 59.4 Å². The minimum absolute atomic E-state index is 0.0258. The van der Waals surface area contributed by atoms with Crippen molar-refractivity contribution in [3.8, 4) is 0 Å². The number of amides is 1. The van der Waals surface area contributed by atoms with E-state index in [1.807, 2.05) is 32.0 Å². The molecule has 1 aromatic carbocycles. The first-order valence-corrected chi connectivity index (χ1v) is 8.61. The second-order valence-electron chi connectivity index (χ2n) is 6.64. The quantitative estimate of drug-likeness (QED) is 0.911. The minimum atomic E-state index is -0.0338.